The van der Waals surface area contributed by atoms with Crippen LogP contribution in [0.5, 0.6) is 11.5 Å². The molecule has 0 spiro atoms. The molecular weight excluding hydrogens is 440 g/mol. The van der Waals surface area contributed by atoms with Gasteiger partial charge in [-0.1, -0.05) is 24.3 Å². The largest absolute Gasteiger partial charge is 0.493 e. The van der Waals surface area contributed by atoms with Gasteiger partial charge in [0.2, 0.25) is 0 Å². The van der Waals surface area contributed by atoms with E-state index in [0.29, 0.717) is 28.1 Å². The van der Waals surface area contributed by atoms with Crippen LogP contribution in [0.4, 0.5) is 5.69 Å². The smallest absolute Gasteiger partial charge is 0.267 e. The number of carbonyl (C=O) groups excluding carboxylic acids is 1. The summed E-state index contributed by atoms with van der Waals surface area (Å²) in [5.41, 5.74) is 1.61. The van der Waals surface area contributed by atoms with E-state index in [1.165, 1.54) is 11.8 Å². The number of amides is 1. The van der Waals surface area contributed by atoms with Gasteiger partial charge in [-0.25, -0.2) is 4.99 Å². The van der Waals surface area contributed by atoms with Crippen LogP contribution in [0, 0.1) is 0 Å². The molecule has 0 unspecified atom stereocenters. The number of amidine groups is 1. The molecule has 1 amide bonds. The number of rotatable bonds is 6. The molecule has 0 radical (unpaired) electrons. The number of hydrogen-bond donors (Lipinski definition) is 0. The van der Waals surface area contributed by atoms with Crippen LogP contribution < -0.4 is 9.47 Å². The highest BCUT2D eigenvalue weighted by atomic mass is 79.9. The minimum Gasteiger partial charge on any atom is -0.493 e. The van der Waals surface area contributed by atoms with Crippen LogP contribution in [0.15, 0.2) is 69.5 Å². The average molecular weight is 459 g/mol. The van der Waals surface area contributed by atoms with Crippen molar-refractivity contribution in [3.63, 3.8) is 0 Å². The van der Waals surface area contributed by atoms with Gasteiger partial charge in [-0.05, 0) is 63.6 Å². The van der Waals surface area contributed by atoms with Crippen molar-refractivity contribution in [1.82, 2.24) is 4.90 Å². The van der Waals surface area contributed by atoms with E-state index in [-0.39, 0.29) is 5.91 Å². The van der Waals surface area contributed by atoms with Crippen molar-refractivity contribution in [2.45, 2.75) is 0 Å². The van der Waals surface area contributed by atoms with Gasteiger partial charge < -0.3 is 9.47 Å². The lowest BCUT2D eigenvalue weighted by atomic mass is 10.2. The Morgan fingerprint density at radius 1 is 1.21 bits per heavy atom. The molecule has 0 bridgehead atoms. The zero-order valence-corrected chi connectivity index (χ0v) is 17.9. The molecule has 0 atom stereocenters. The summed E-state index contributed by atoms with van der Waals surface area (Å²) in [6.07, 6.45) is 3.51. The number of thioether (sulfide) groups is 1. The molecule has 7 heteroatoms. The summed E-state index contributed by atoms with van der Waals surface area (Å²) in [4.78, 5) is 19.7. The van der Waals surface area contributed by atoms with Crippen LogP contribution in [0.2, 0.25) is 0 Å². The molecule has 5 nitrogen and oxygen atoms in total. The third-order valence-corrected chi connectivity index (χ3v) is 5.53. The summed E-state index contributed by atoms with van der Waals surface area (Å²) < 4.78 is 11.5. The SMILES string of the molecule is C=CCN1C(=O)C(=Cc2cc(Br)c(OC)c(OC)c2)SC1=Nc1ccccc1. The van der Waals surface area contributed by atoms with E-state index in [9.17, 15) is 4.79 Å². The van der Waals surface area contributed by atoms with Gasteiger partial charge in [0.05, 0.1) is 29.3 Å². The standard InChI is InChI=1S/C21H19BrN2O3S/c1-4-10-24-20(25)18(28-21(24)23-15-8-6-5-7-9-15)13-14-11-16(22)19(27-3)17(12-14)26-2/h4-9,11-13H,1,10H2,2-3H3. The molecule has 1 heterocycles. The zero-order valence-electron chi connectivity index (χ0n) is 15.5. The second kappa shape index (κ2) is 9.12. The highest BCUT2D eigenvalue weighted by molar-refractivity contribution is 9.10. The Hall–Kier alpha value is -2.51. The first-order chi connectivity index (χ1) is 13.6. The number of ether oxygens (including phenoxy) is 2. The lowest BCUT2D eigenvalue weighted by molar-refractivity contribution is -0.121. The fraction of sp³-hybridized carbons (Fsp3) is 0.143. The highest BCUT2D eigenvalue weighted by Gasteiger charge is 2.32. The van der Waals surface area contributed by atoms with Gasteiger partial charge in [0.25, 0.3) is 5.91 Å². The Balaban J connectivity index is 1.98. The molecule has 3 rings (SSSR count). The summed E-state index contributed by atoms with van der Waals surface area (Å²) in [5, 5.41) is 0.627. The van der Waals surface area contributed by atoms with Crippen LogP contribution in [0.25, 0.3) is 6.08 Å². The van der Waals surface area contributed by atoms with E-state index in [1.54, 1.807) is 25.2 Å². The number of benzene rings is 2. The summed E-state index contributed by atoms with van der Waals surface area (Å²) in [6, 6.07) is 13.3. The second-order valence-electron chi connectivity index (χ2n) is 5.78. The van der Waals surface area contributed by atoms with Crippen molar-refractivity contribution >= 4 is 50.5 Å². The van der Waals surface area contributed by atoms with Crippen LogP contribution in [0.3, 0.4) is 0 Å². The maximum Gasteiger partial charge on any atom is 0.267 e. The van der Waals surface area contributed by atoms with Crippen molar-refractivity contribution in [3.05, 3.63) is 70.1 Å². The maximum absolute atomic E-state index is 12.9. The van der Waals surface area contributed by atoms with Gasteiger partial charge in [0.1, 0.15) is 0 Å². The lowest BCUT2D eigenvalue weighted by Crippen LogP contribution is -2.29. The van der Waals surface area contributed by atoms with Gasteiger partial charge in [-0.3, -0.25) is 9.69 Å². The lowest BCUT2D eigenvalue weighted by Gasteiger charge is -2.12. The second-order valence-corrected chi connectivity index (χ2v) is 7.65. The van der Waals surface area contributed by atoms with Crippen molar-refractivity contribution in [3.8, 4) is 11.5 Å². The number of para-hydroxylation sites is 1. The van der Waals surface area contributed by atoms with E-state index in [2.05, 4.69) is 27.5 Å². The van der Waals surface area contributed by atoms with Gasteiger partial charge in [-0.2, -0.15) is 0 Å². The number of carbonyl (C=O) groups is 1. The zero-order chi connectivity index (χ0) is 20.1. The number of aliphatic imine (C=N–C) groups is 1. The summed E-state index contributed by atoms with van der Waals surface area (Å²) in [7, 11) is 3.16. The first-order valence-electron chi connectivity index (χ1n) is 8.45. The third kappa shape index (κ3) is 4.31. The van der Waals surface area contributed by atoms with E-state index < -0.39 is 0 Å². The van der Waals surface area contributed by atoms with Crippen molar-refractivity contribution in [1.29, 1.82) is 0 Å². The Kier molecular flexibility index (Phi) is 6.59. The monoisotopic (exact) mass is 458 g/mol. The van der Waals surface area contributed by atoms with E-state index in [0.717, 1.165) is 15.7 Å². The summed E-state index contributed by atoms with van der Waals surface area (Å²) >= 11 is 4.82. The first kappa shape index (κ1) is 20.2. The number of nitrogens with zero attached hydrogens (tertiary/aromatic N) is 2. The Bertz CT molecular complexity index is 958. The molecule has 1 fully saturated rings. The fourth-order valence-electron chi connectivity index (χ4n) is 2.67. The molecule has 28 heavy (non-hydrogen) atoms. The van der Waals surface area contributed by atoms with E-state index in [4.69, 9.17) is 9.47 Å². The summed E-state index contributed by atoms with van der Waals surface area (Å²) in [5.74, 6) is 1.08. The highest BCUT2D eigenvalue weighted by Crippen LogP contribution is 2.39. The fourth-order valence-corrected chi connectivity index (χ4v) is 4.30. The Morgan fingerprint density at radius 3 is 2.61 bits per heavy atom. The first-order valence-corrected chi connectivity index (χ1v) is 10.1. The van der Waals surface area contributed by atoms with Gasteiger partial charge >= 0.3 is 0 Å². The Morgan fingerprint density at radius 2 is 1.96 bits per heavy atom. The van der Waals surface area contributed by atoms with Crippen molar-refractivity contribution in [2.75, 3.05) is 20.8 Å². The molecule has 2 aromatic carbocycles. The van der Waals surface area contributed by atoms with Crippen LogP contribution in [0.1, 0.15) is 5.56 Å². The molecule has 0 aliphatic carbocycles. The molecule has 1 saturated heterocycles. The average Bonchev–Trinajstić information content (AvgIpc) is 2.97. The molecule has 0 N–H and O–H groups in total. The van der Waals surface area contributed by atoms with Crippen LogP contribution in [-0.2, 0) is 4.79 Å². The number of methoxy groups -OCH3 is 2. The van der Waals surface area contributed by atoms with Crippen LogP contribution in [-0.4, -0.2) is 36.7 Å². The van der Waals surface area contributed by atoms with Crippen molar-refractivity contribution < 1.29 is 14.3 Å². The molecule has 2 aromatic rings. The normalized spacial score (nSPS) is 16.7. The van der Waals surface area contributed by atoms with Crippen LogP contribution >= 0.6 is 27.7 Å². The minimum atomic E-state index is -0.106. The third-order valence-electron chi connectivity index (χ3n) is 3.93. The van der Waals surface area contributed by atoms with Gasteiger partial charge in [0, 0.05) is 6.54 Å². The van der Waals surface area contributed by atoms with Gasteiger partial charge in [-0.15, -0.1) is 6.58 Å². The maximum atomic E-state index is 12.9. The van der Waals surface area contributed by atoms with E-state index >= 15 is 0 Å². The summed E-state index contributed by atoms with van der Waals surface area (Å²) in [6.45, 7) is 4.14. The molecule has 1 aliphatic rings. The molecular formula is C21H19BrN2O3S. The molecule has 144 valence electrons. The quantitative estimate of drug-likeness (QED) is 0.437. The number of halogens is 1. The van der Waals surface area contributed by atoms with Gasteiger partial charge in [0.15, 0.2) is 16.7 Å². The predicted octanol–water partition coefficient (Wildman–Crippen LogP) is 5.26. The van der Waals surface area contributed by atoms with Crippen molar-refractivity contribution in [2.24, 2.45) is 4.99 Å². The van der Waals surface area contributed by atoms with E-state index in [1.807, 2.05) is 48.5 Å². The predicted molar refractivity (Wildman–Crippen MR) is 118 cm³/mol. The Labute approximate surface area is 176 Å². The topological polar surface area (TPSA) is 51.1 Å². The molecule has 1 aliphatic heterocycles. The number of hydrogen-bond acceptors (Lipinski definition) is 5. The molecule has 0 saturated carbocycles. The molecule has 0 aromatic heterocycles. The minimum absolute atomic E-state index is 0.106.